The van der Waals surface area contributed by atoms with Crippen LogP contribution < -0.4 is 15.0 Å². The van der Waals surface area contributed by atoms with E-state index in [2.05, 4.69) is 68.1 Å². The number of ether oxygens (including phenoxy) is 1. The molecule has 0 spiro atoms. The number of thioether (sulfide) groups is 1. The third kappa shape index (κ3) is 8.25. The minimum absolute atomic E-state index is 0.0859. The first-order chi connectivity index (χ1) is 22.1. The van der Waals surface area contributed by atoms with Crippen molar-refractivity contribution in [1.29, 1.82) is 5.26 Å². The zero-order valence-corrected chi connectivity index (χ0v) is 26.1. The van der Waals surface area contributed by atoms with Gasteiger partial charge >= 0.3 is 12.4 Å². The number of aliphatic imine (C=N–C) groups is 1. The highest BCUT2D eigenvalue weighted by atomic mass is 32.2. The third-order valence-electron chi connectivity index (χ3n) is 7.25. The Bertz CT molecular complexity index is 1730. The summed E-state index contributed by atoms with van der Waals surface area (Å²) in [7, 11) is 0. The minimum atomic E-state index is -4.77. The van der Waals surface area contributed by atoms with Gasteiger partial charge in [0.2, 0.25) is 0 Å². The lowest BCUT2D eigenvalue weighted by Gasteiger charge is -2.31. The van der Waals surface area contributed by atoms with Crippen LogP contribution in [-0.4, -0.2) is 51.2 Å². The van der Waals surface area contributed by atoms with Gasteiger partial charge < -0.3 is 15.0 Å². The normalized spacial score (nSPS) is 15.0. The van der Waals surface area contributed by atoms with E-state index in [0.717, 1.165) is 42.8 Å². The molecule has 1 fully saturated rings. The summed E-state index contributed by atoms with van der Waals surface area (Å²) in [6.07, 6.45) is -0.375. The number of halogens is 3. The number of alkyl halides is 3. The average molecular weight is 648 g/mol. The van der Waals surface area contributed by atoms with Crippen molar-refractivity contribution < 1.29 is 22.7 Å². The second-order valence-electron chi connectivity index (χ2n) is 10.7. The lowest BCUT2D eigenvalue weighted by atomic mass is 9.99. The molecular weight excluding hydrogens is 615 g/mol. The van der Waals surface area contributed by atoms with E-state index in [1.54, 1.807) is 36.0 Å². The Hall–Kier alpha value is -4.83. The standard InChI is InChI=1S/C33H32F3N7O2S/c1-3-5-24-7-6-22(2)18-29(24)42-16-4-17-46-32(42)40-31(44)38-20-26(19-37)23-8-10-25(11-9-23)30-39-21-43(41-30)27-12-14-28(15-13-27)45-33(34,35)36/h6-15,18,21,26H,3-5,16-17,20H2,1-2H3,(H,38,44). The Kier molecular flexibility index (Phi) is 10.3. The molecule has 2 heterocycles. The fourth-order valence-corrected chi connectivity index (χ4v) is 5.97. The van der Waals surface area contributed by atoms with Gasteiger partial charge in [-0.2, -0.15) is 10.3 Å². The molecule has 1 aliphatic rings. The number of amides is 2. The first-order valence-corrected chi connectivity index (χ1v) is 15.8. The number of amidine groups is 1. The summed E-state index contributed by atoms with van der Waals surface area (Å²) in [5, 5.41) is 17.7. The number of nitriles is 1. The van der Waals surface area contributed by atoms with Crippen molar-refractivity contribution in [2.75, 3.05) is 23.7 Å². The van der Waals surface area contributed by atoms with Gasteiger partial charge in [-0.05, 0) is 66.8 Å². The van der Waals surface area contributed by atoms with Crippen LogP contribution in [0.15, 0.2) is 78.0 Å². The topological polar surface area (TPSA) is 108 Å². The number of carbonyl (C=O) groups is 1. The van der Waals surface area contributed by atoms with Crippen LogP contribution >= 0.6 is 11.8 Å². The first kappa shape index (κ1) is 32.6. The van der Waals surface area contributed by atoms with Gasteiger partial charge in [0, 0.05) is 30.1 Å². The van der Waals surface area contributed by atoms with Gasteiger partial charge in [0.15, 0.2) is 11.0 Å². The maximum absolute atomic E-state index is 12.9. The number of carbonyl (C=O) groups excluding carboxylic acids is 1. The van der Waals surface area contributed by atoms with Crippen molar-refractivity contribution in [2.24, 2.45) is 4.99 Å². The first-order valence-electron chi connectivity index (χ1n) is 14.8. The van der Waals surface area contributed by atoms with Crippen LogP contribution in [0.5, 0.6) is 5.75 Å². The van der Waals surface area contributed by atoms with Gasteiger partial charge in [-0.25, -0.2) is 14.5 Å². The second kappa shape index (κ2) is 14.5. The highest BCUT2D eigenvalue weighted by Gasteiger charge is 2.31. The number of aryl methyl sites for hydroxylation is 2. The maximum atomic E-state index is 12.9. The molecule has 0 bridgehead atoms. The molecular formula is C33H32F3N7O2S. The molecule has 46 heavy (non-hydrogen) atoms. The number of rotatable bonds is 9. The molecule has 1 N–H and O–H groups in total. The molecule has 0 aliphatic carbocycles. The number of anilines is 1. The predicted octanol–water partition coefficient (Wildman–Crippen LogP) is 7.41. The van der Waals surface area contributed by atoms with Crippen LogP contribution in [0.25, 0.3) is 17.1 Å². The van der Waals surface area contributed by atoms with E-state index in [1.807, 2.05) is 0 Å². The van der Waals surface area contributed by atoms with E-state index >= 15 is 0 Å². The molecule has 13 heteroatoms. The van der Waals surface area contributed by atoms with Crippen molar-refractivity contribution in [2.45, 2.75) is 45.4 Å². The van der Waals surface area contributed by atoms with Crippen molar-refractivity contribution in [1.82, 2.24) is 20.1 Å². The van der Waals surface area contributed by atoms with Gasteiger partial charge in [-0.15, -0.1) is 18.3 Å². The van der Waals surface area contributed by atoms with Crippen LogP contribution in [0.1, 0.15) is 42.4 Å². The van der Waals surface area contributed by atoms with E-state index in [0.29, 0.717) is 27.8 Å². The SMILES string of the molecule is CCCc1ccc(C)cc1N1CCCSC1=NC(=O)NCC(C#N)c1ccc(-c2ncn(-c3ccc(OC(F)(F)F)cc3)n2)cc1. The average Bonchev–Trinajstić information content (AvgIpc) is 3.53. The fraction of sp³-hybridized carbons (Fsp3) is 0.303. The van der Waals surface area contributed by atoms with Crippen molar-refractivity contribution in [3.8, 4) is 28.9 Å². The van der Waals surface area contributed by atoms with Gasteiger partial charge in [0.25, 0.3) is 0 Å². The second-order valence-corrected chi connectivity index (χ2v) is 11.7. The lowest BCUT2D eigenvalue weighted by Crippen LogP contribution is -2.37. The number of hydrogen-bond donors (Lipinski definition) is 1. The monoisotopic (exact) mass is 647 g/mol. The fourth-order valence-electron chi connectivity index (χ4n) is 5.02. The summed E-state index contributed by atoms with van der Waals surface area (Å²) in [5.74, 6) is 0.330. The zero-order chi connectivity index (χ0) is 32.7. The van der Waals surface area contributed by atoms with Crippen LogP contribution in [0.3, 0.4) is 0 Å². The number of urea groups is 1. The van der Waals surface area contributed by atoms with Gasteiger partial charge in [-0.3, -0.25) is 0 Å². The number of benzene rings is 3. The highest BCUT2D eigenvalue weighted by molar-refractivity contribution is 8.14. The summed E-state index contributed by atoms with van der Waals surface area (Å²) in [6, 6.07) is 20.5. The largest absolute Gasteiger partial charge is 0.573 e. The molecule has 1 atom stereocenters. The van der Waals surface area contributed by atoms with Gasteiger partial charge in [-0.1, -0.05) is 61.5 Å². The molecule has 1 aromatic heterocycles. The number of hydrogen-bond acceptors (Lipinski definition) is 6. The summed E-state index contributed by atoms with van der Waals surface area (Å²) in [6.45, 7) is 5.07. The molecule has 4 aromatic rings. The Labute approximate surface area is 269 Å². The Morgan fingerprint density at radius 2 is 1.91 bits per heavy atom. The molecule has 3 aromatic carbocycles. The molecule has 0 radical (unpaired) electrons. The summed E-state index contributed by atoms with van der Waals surface area (Å²) in [4.78, 5) is 23.8. The lowest BCUT2D eigenvalue weighted by molar-refractivity contribution is -0.274. The molecule has 1 aliphatic heterocycles. The molecule has 0 saturated carbocycles. The van der Waals surface area contributed by atoms with Crippen LogP contribution in [0, 0.1) is 18.3 Å². The van der Waals surface area contributed by atoms with Crippen molar-refractivity contribution in [3.05, 3.63) is 89.7 Å². The van der Waals surface area contributed by atoms with E-state index in [9.17, 15) is 23.2 Å². The number of aromatic nitrogens is 3. The maximum Gasteiger partial charge on any atom is 0.573 e. The summed E-state index contributed by atoms with van der Waals surface area (Å²) < 4.78 is 42.7. The molecule has 5 rings (SSSR count). The number of nitrogens with zero attached hydrogens (tertiary/aromatic N) is 6. The quantitative estimate of drug-likeness (QED) is 0.202. The van der Waals surface area contributed by atoms with Crippen molar-refractivity contribution in [3.63, 3.8) is 0 Å². The third-order valence-corrected chi connectivity index (χ3v) is 8.31. The Morgan fingerprint density at radius 1 is 1.15 bits per heavy atom. The molecule has 9 nitrogen and oxygen atoms in total. The molecule has 1 saturated heterocycles. The van der Waals surface area contributed by atoms with E-state index < -0.39 is 18.3 Å². The van der Waals surface area contributed by atoms with Gasteiger partial charge in [0.1, 0.15) is 12.1 Å². The highest BCUT2D eigenvalue weighted by Crippen LogP contribution is 2.30. The minimum Gasteiger partial charge on any atom is -0.406 e. The Morgan fingerprint density at radius 3 is 2.61 bits per heavy atom. The van der Waals surface area contributed by atoms with Crippen LogP contribution in [-0.2, 0) is 6.42 Å². The molecule has 2 amide bonds. The Balaban J connectivity index is 1.22. The van der Waals surface area contributed by atoms with E-state index in [1.165, 1.54) is 40.8 Å². The molecule has 1 unspecified atom stereocenters. The zero-order valence-electron chi connectivity index (χ0n) is 25.3. The smallest absolute Gasteiger partial charge is 0.406 e. The predicted molar refractivity (Wildman–Crippen MR) is 172 cm³/mol. The van der Waals surface area contributed by atoms with Gasteiger partial charge in [0.05, 0.1) is 17.7 Å². The van der Waals surface area contributed by atoms with Crippen molar-refractivity contribution >= 4 is 28.6 Å². The molecule has 238 valence electrons. The van der Waals surface area contributed by atoms with E-state index in [4.69, 9.17) is 0 Å². The van der Waals surface area contributed by atoms with Crippen LogP contribution in [0.2, 0.25) is 0 Å². The van der Waals surface area contributed by atoms with E-state index in [-0.39, 0.29) is 12.3 Å². The van der Waals surface area contributed by atoms with Crippen LogP contribution in [0.4, 0.5) is 23.7 Å². The summed E-state index contributed by atoms with van der Waals surface area (Å²) >= 11 is 1.56. The summed E-state index contributed by atoms with van der Waals surface area (Å²) in [5.41, 5.74) is 5.35. The number of nitrogens with one attached hydrogen (secondary N) is 1.